The quantitative estimate of drug-likeness (QED) is 0.712. The third-order valence-corrected chi connectivity index (χ3v) is 4.31. The number of rotatable bonds is 7. The molecule has 0 spiro atoms. The number of quaternary nitrogens is 1. The van der Waals surface area contributed by atoms with Gasteiger partial charge in [0.05, 0.1) is 6.54 Å². The van der Waals surface area contributed by atoms with Crippen molar-refractivity contribution in [3.63, 3.8) is 0 Å². The van der Waals surface area contributed by atoms with Crippen LogP contribution in [-0.4, -0.2) is 24.9 Å². The molecule has 0 saturated carbocycles. The second kappa shape index (κ2) is 9.10. The van der Waals surface area contributed by atoms with Gasteiger partial charge in [-0.1, -0.05) is 12.1 Å². The third kappa shape index (κ3) is 5.67. The first-order valence-electron chi connectivity index (χ1n) is 8.66. The van der Waals surface area contributed by atoms with E-state index in [0.717, 1.165) is 17.0 Å². The fourth-order valence-electron chi connectivity index (χ4n) is 2.82. The summed E-state index contributed by atoms with van der Waals surface area (Å²) in [4.78, 5) is 24.5. The van der Waals surface area contributed by atoms with Gasteiger partial charge in [0.1, 0.15) is 11.9 Å². The molecule has 0 fully saturated rings. The van der Waals surface area contributed by atoms with Gasteiger partial charge in [-0.15, -0.1) is 0 Å². The minimum Gasteiger partial charge on any atom is -0.326 e. The number of hydrogen-bond acceptors (Lipinski definition) is 2. The van der Waals surface area contributed by atoms with E-state index in [1.54, 1.807) is 36.4 Å². The molecule has 1 unspecified atom stereocenters. The van der Waals surface area contributed by atoms with Gasteiger partial charge in [-0.3, -0.25) is 9.59 Å². The molecule has 2 aromatic rings. The highest BCUT2D eigenvalue weighted by atomic mass is 19.1. The van der Waals surface area contributed by atoms with E-state index >= 15 is 0 Å². The highest BCUT2D eigenvalue weighted by Gasteiger charge is 2.21. The van der Waals surface area contributed by atoms with Crippen LogP contribution in [0.4, 0.5) is 15.8 Å². The minimum atomic E-state index is -0.264. The number of benzene rings is 2. The average Bonchev–Trinajstić information content (AvgIpc) is 2.61. The van der Waals surface area contributed by atoms with E-state index < -0.39 is 0 Å². The van der Waals surface area contributed by atoms with Crippen molar-refractivity contribution in [3.05, 3.63) is 59.9 Å². The Balaban J connectivity index is 1.96. The molecule has 0 aliphatic carbocycles. The van der Waals surface area contributed by atoms with Gasteiger partial charge < -0.3 is 15.5 Å². The molecule has 0 bridgehead atoms. The van der Waals surface area contributed by atoms with Crippen LogP contribution in [-0.2, 0) is 9.59 Å². The Morgan fingerprint density at radius 2 is 1.54 bits per heavy atom. The molecule has 6 heteroatoms. The van der Waals surface area contributed by atoms with E-state index in [0.29, 0.717) is 17.9 Å². The summed E-state index contributed by atoms with van der Waals surface area (Å²) in [6.07, 6.45) is 0. The maximum Gasteiger partial charge on any atom is 0.279 e. The van der Waals surface area contributed by atoms with Crippen molar-refractivity contribution >= 4 is 23.2 Å². The van der Waals surface area contributed by atoms with Crippen LogP contribution < -0.4 is 15.5 Å². The summed E-state index contributed by atoms with van der Waals surface area (Å²) in [5.74, 6) is -0.499. The van der Waals surface area contributed by atoms with Gasteiger partial charge >= 0.3 is 0 Å². The van der Waals surface area contributed by atoms with Crippen molar-refractivity contribution in [3.8, 4) is 0 Å². The predicted molar refractivity (Wildman–Crippen MR) is 101 cm³/mol. The molecule has 0 aliphatic rings. The van der Waals surface area contributed by atoms with E-state index in [2.05, 4.69) is 10.6 Å². The molecule has 0 saturated heterocycles. The van der Waals surface area contributed by atoms with Gasteiger partial charge in [0.15, 0.2) is 6.54 Å². The monoisotopic (exact) mass is 358 g/mol. The van der Waals surface area contributed by atoms with E-state index in [4.69, 9.17) is 0 Å². The van der Waals surface area contributed by atoms with Gasteiger partial charge in [0, 0.05) is 23.9 Å². The van der Waals surface area contributed by atoms with E-state index in [1.165, 1.54) is 19.1 Å². The summed E-state index contributed by atoms with van der Waals surface area (Å²) in [6, 6.07) is 13.4. The van der Waals surface area contributed by atoms with Crippen molar-refractivity contribution in [1.82, 2.24) is 0 Å². The molecule has 0 heterocycles. The Hall–Kier alpha value is -2.73. The minimum absolute atomic E-state index is 0.0773. The number of hydrogen-bond donors (Lipinski definition) is 3. The zero-order valence-electron chi connectivity index (χ0n) is 15.3. The first-order valence-corrected chi connectivity index (χ1v) is 8.66. The lowest BCUT2D eigenvalue weighted by molar-refractivity contribution is -0.920. The Kier molecular flexibility index (Phi) is 6.86. The summed E-state index contributed by atoms with van der Waals surface area (Å²) in [5, 5.41) is 5.55. The van der Waals surface area contributed by atoms with E-state index in [-0.39, 0.29) is 23.7 Å². The Morgan fingerprint density at radius 1 is 1.00 bits per heavy atom. The van der Waals surface area contributed by atoms with Crippen molar-refractivity contribution in [2.24, 2.45) is 0 Å². The highest BCUT2D eigenvalue weighted by molar-refractivity contribution is 5.92. The maximum atomic E-state index is 13.1. The van der Waals surface area contributed by atoms with Crippen LogP contribution in [0, 0.1) is 5.82 Å². The largest absolute Gasteiger partial charge is 0.326 e. The zero-order valence-corrected chi connectivity index (χ0v) is 15.3. The van der Waals surface area contributed by atoms with Crippen LogP contribution in [0.15, 0.2) is 48.5 Å². The fourth-order valence-corrected chi connectivity index (χ4v) is 2.82. The van der Waals surface area contributed by atoms with Crippen LogP contribution in [0.25, 0.3) is 0 Å². The molecule has 2 aromatic carbocycles. The van der Waals surface area contributed by atoms with Gasteiger partial charge in [-0.2, -0.15) is 0 Å². The molecule has 2 amide bonds. The Bertz CT molecular complexity index is 745. The van der Waals surface area contributed by atoms with Crippen LogP contribution >= 0.6 is 0 Å². The standard InChI is InChI=1S/C20H24FN3O2/c1-4-24(14(2)16-5-7-17(21)8-6-16)13-20(26)23-19-11-9-18(10-12-19)22-15(3)25/h5-12,14H,4,13H2,1-3H3,(H,22,25)(H,23,26)/p+1/t14-/m0/s1. The molecule has 2 atom stereocenters. The molecule has 5 nitrogen and oxygen atoms in total. The van der Waals surface area contributed by atoms with Crippen molar-refractivity contribution in [1.29, 1.82) is 0 Å². The fraction of sp³-hybridized carbons (Fsp3) is 0.300. The number of carbonyl (C=O) groups excluding carboxylic acids is 2. The van der Waals surface area contributed by atoms with Crippen molar-refractivity contribution in [2.45, 2.75) is 26.8 Å². The number of anilines is 2. The lowest BCUT2D eigenvalue weighted by Gasteiger charge is -2.24. The first-order chi connectivity index (χ1) is 12.4. The van der Waals surface area contributed by atoms with Crippen LogP contribution in [0.5, 0.6) is 0 Å². The normalized spacial score (nSPS) is 12.9. The second-order valence-corrected chi connectivity index (χ2v) is 6.27. The summed E-state index contributed by atoms with van der Waals surface area (Å²) in [6.45, 7) is 6.57. The summed E-state index contributed by atoms with van der Waals surface area (Å²) in [7, 11) is 0. The summed E-state index contributed by atoms with van der Waals surface area (Å²) < 4.78 is 13.1. The zero-order chi connectivity index (χ0) is 19.1. The van der Waals surface area contributed by atoms with Crippen LogP contribution in [0.1, 0.15) is 32.4 Å². The summed E-state index contributed by atoms with van der Waals surface area (Å²) in [5.41, 5.74) is 2.35. The predicted octanol–water partition coefficient (Wildman–Crippen LogP) is 2.39. The molecule has 3 N–H and O–H groups in total. The van der Waals surface area contributed by atoms with Gasteiger partial charge in [0.2, 0.25) is 5.91 Å². The lowest BCUT2D eigenvalue weighted by atomic mass is 10.1. The molecule has 26 heavy (non-hydrogen) atoms. The number of amides is 2. The Morgan fingerprint density at radius 3 is 2.04 bits per heavy atom. The van der Waals surface area contributed by atoms with Crippen LogP contribution in [0.2, 0.25) is 0 Å². The molecule has 0 aromatic heterocycles. The van der Waals surface area contributed by atoms with E-state index in [1.807, 2.05) is 13.8 Å². The number of nitrogens with one attached hydrogen (secondary N) is 3. The number of halogens is 1. The van der Waals surface area contributed by atoms with Gasteiger partial charge in [-0.05, 0) is 50.2 Å². The molecular weight excluding hydrogens is 333 g/mol. The molecule has 2 rings (SSSR count). The lowest BCUT2D eigenvalue weighted by Crippen LogP contribution is -3.12. The topological polar surface area (TPSA) is 62.6 Å². The SMILES string of the molecule is CC[NH+](CC(=O)Nc1ccc(NC(C)=O)cc1)[C@@H](C)c1ccc(F)cc1. The van der Waals surface area contributed by atoms with Crippen molar-refractivity contribution in [2.75, 3.05) is 23.7 Å². The summed E-state index contributed by atoms with van der Waals surface area (Å²) >= 11 is 0. The average molecular weight is 358 g/mol. The third-order valence-electron chi connectivity index (χ3n) is 4.31. The Labute approximate surface area is 153 Å². The van der Waals surface area contributed by atoms with Crippen molar-refractivity contribution < 1.29 is 18.9 Å². The molecule has 138 valence electrons. The second-order valence-electron chi connectivity index (χ2n) is 6.27. The number of carbonyl (C=O) groups is 2. The molecule has 0 radical (unpaired) electrons. The maximum absolute atomic E-state index is 13.1. The van der Waals surface area contributed by atoms with Gasteiger partial charge in [0.25, 0.3) is 5.91 Å². The van der Waals surface area contributed by atoms with Gasteiger partial charge in [-0.25, -0.2) is 4.39 Å². The highest BCUT2D eigenvalue weighted by Crippen LogP contribution is 2.13. The first kappa shape index (κ1) is 19.6. The molecular formula is C20H25FN3O2+. The van der Waals surface area contributed by atoms with Crippen LogP contribution in [0.3, 0.4) is 0 Å². The molecule has 0 aliphatic heterocycles. The smallest absolute Gasteiger partial charge is 0.279 e. The number of likely N-dealkylation sites (N-methyl/N-ethyl adjacent to an activating group) is 1. The van der Waals surface area contributed by atoms with E-state index in [9.17, 15) is 14.0 Å².